The van der Waals surface area contributed by atoms with Gasteiger partial charge in [0.2, 0.25) is 6.79 Å². The molecule has 0 aromatic carbocycles. The average Bonchev–Trinajstić information content (AvgIpc) is 2.94. The summed E-state index contributed by atoms with van der Waals surface area (Å²) >= 11 is 0. The van der Waals surface area contributed by atoms with Crippen LogP contribution >= 0.6 is 0 Å². The van der Waals surface area contributed by atoms with E-state index in [0.29, 0.717) is 30.4 Å². The molecule has 1 unspecified atom stereocenters. The summed E-state index contributed by atoms with van der Waals surface area (Å²) < 4.78 is 26.5. The molecule has 0 rings (SSSR count). The van der Waals surface area contributed by atoms with Crippen LogP contribution in [0.5, 0.6) is 0 Å². The Bertz CT molecular complexity index is 949. The van der Waals surface area contributed by atoms with Gasteiger partial charge >= 0.3 is 29.8 Å². The van der Waals surface area contributed by atoms with E-state index in [1.807, 2.05) is 28.2 Å². The molecule has 0 aliphatic rings. The summed E-state index contributed by atoms with van der Waals surface area (Å²) in [6.07, 6.45) is 16.1. The second kappa shape index (κ2) is 26.0. The molecule has 0 saturated carbocycles. The van der Waals surface area contributed by atoms with Crippen LogP contribution in [0.4, 0.5) is 0 Å². The molecule has 0 amide bonds. The number of unbranched alkanes of at least 4 members (excludes halogenated alkanes) is 8. The minimum absolute atomic E-state index is 0.0697. The fourth-order valence-corrected chi connectivity index (χ4v) is 4.68. The molecule has 12 heteroatoms. The predicted molar refractivity (Wildman–Crippen MR) is 179 cm³/mol. The van der Waals surface area contributed by atoms with E-state index in [1.54, 1.807) is 0 Å². The number of hydrogen-bond acceptors (Lipinski definition) is 10. The first-order valence-corrected chi connectivity index (χ1v) is 17.2. The van der Waals surface area contributed by atoms with Gasteiger partial charge in [-0.15, -0.1) is 0 Å². The highest BCUT2D eigenvalue weighted by Gasteiger charge is 2.24. The zero-order valence-electron chi connectivity index (χ0n) is 30.4. The topological polar surface area (TPSA) is 132 Å². The van der Waals surface area contributed by atoms with Crippen LogP contribution in [0, 0.1) is 0 Å². The normalized spacial score (nSPS) is 12.4. The van der Waals surface area contributed by atoms with Gasteiger partial charge in [0, 0.05) is 26.7 Å². The Morgan fingerprint density at radius 1 is 0.617 bits per heavy atom. The molecule has 0 fully saturated rings. The van der Waals surface area contributed by atoms with Crippen LogP contribution in [0.25, 0.3) is 0 Å². The second-order valence-electron chi connectivity index (χ2n) is 13.4. The zero-order chi connectivity index (χ0) is 35.6. The number of carbonyl (C=O) groups excluding carboxylic acids is 5. The molecule has 12 nitrogen and oxygen atoms in total. The number of nitrogens with zero attached hydrogens (tertiary/aromatic N) is 2. The predicted octanol–water partition coefficient (Wildman–Crippen LogP) is 4.87. The molecule has 0 radical (unpaired) electrons. The van der Waals surface area contributed by atoms with Crippen LogP contribution in [-0.4, -0.2) is 119 Å². The standard InChI is InChI=1S/C35H64N2O10/c1-8-9-10-17-20-32(47-35(42)28-37(6,7)24-26-44-31(3)39)21-18-15-13-11-12-14-16-19-22-33(40)45-29-46-34(41)27-36(4,5)23-25-43-30(2)38/h15,18,32H,8-14,16-17,19-29H2,1-7H3/q+2/b18-15-. The van der Waals surface area contributed by atoms with Gasteiger partial charge in [-0.3, -0.25) is 14.4 Å². The summed E-state index contributed by atoms with van der Waals surface area (Å²) in [5.41, 5.74) is 0. The van der Waals surface area contributed by atoms with Crippen molar-refractivity contribution in [2.24, 2.45) is 0 Å². The molecule has 47 heavy (non-hydrogen) atoms. The van der Waals surface area contributed by atoms with Gasteiger partial charge in [0.05, 0.1) is 28.2 Å². The number of carbonyl (C=O) groups is 5. The fraction of sp³-hybridized carbons (Fsp3) is 0.800. The fourth-order valence-electron chi connectivity index (χ4n) is 4.68. The van der Waals surface area contributed by atoms with Crippen LogP contribution in [0.15, 0.2) is 12.2 Å². The van der Waals surface area contributed by atoms with Crippen molar-refractivity contribution in [3.05, 3.63) is 12.2 Å². The van der Waals surface area contributed by atoms with Crippen LogP contribution in [0.2, 0.25) is 0 Å². The lowest BCUT2D eigenvalue weighted by atomic mass is 10.1. The lowest BCUT2D eigenvalue weighted by molar-refractivity contribution is -0.883. The molecule has 0 saturated heterocycles. The quantitative estimate of drug-likeness (QED) is 0.0283. The Morgan fingerprint density at radius 2 is 1.15 bits per heavy atom. The molecule has 0 N–H and O–H groups in total. The van der Waals surface area contributed by atoms with Crippen molar-refractivity contribution >= 4 is 29.8 Å². The zero-order valence-corrected chi connectivity index (χ0v) is 30.4. The number of allylic oxidation sites excluding steroid dienone is 1. The van der Waals surface area contributed by atoms with Crippen molar-refractivity contribution in [1.82, 2.24) is 0 Å². The third kappa shape index (κ3) is 28.9. The van der Waals surface area contributed by atoms with Crippen LogP contribution in [0.3, 0.4) is 0 Å². The van der Waals surface area contributed by atoms with E-state index in [2.05, 4.69) is 19.1 Å². The maximum absolute atomic E-state index is 12.7. The van der Waals surface area contributed by atoms with Gasteiger partial charge in [-0.2, -0.15) is 0 Å². The summed E-state index contributed by atoms with van der Waals surface area (Å²) in [5, 5.41) is 0. The summed E-state index contributed by atoms with van der Waals surface area (Å²) in [4.78, 5) is 58.6. The van der Waals surface area contributed by atoms with E-state index in [-0.39, 0.29) is 61.2 Å². The Kier molecular flexibility index (Phi) is 24.4. The molecule has 1 atom stereocenters. The van der Waals surface area contributed by atoms with E-state index in [0.717, 1.165) is 57.8 Å². The van der Waals surface area contributed by atoms with Gasteiger partial charge in [-0.05, 0) is 32.1 Å². The van der Waals surface area contributed by atoms with Gasteiger partial charge in [-0.1, -0.05) is 57.6 Å². The molecule has 0 heterocycles. The third-order valence-corrected chi connectivity index (χ3v) is 7.55. The number of ether oxygens (including phenoxy) is 5. The highest BCUT2D eigenvalue weighted by Crippen LogP contribution is 2.14. The molecule has 0 aromatic rings. The first kappa shape index (κ1) is 44.0. The molecule has 0 aliphatic heterocycles. The molecule has 0 spiro atoms. The van der Waals surface area contributed by atoms with Crippen molar-refractivity contribution in [2.75, 3.05) is 74.4 Å². The number of rotatable bonds is 28. The molecular formula is C35H64N2O10+2. The molecule has 0 aromatic heterocycles. The third-order valence-electron chi connectivity index (χ3n) is 7.55. The lowest BCUT2D eigenvalue weighted by Crippen LogP contribution is -2.47. The summed E-state index contributed by atoms with van der Waals surface area (Å²) in [7, 11) is 7.49. The van der Waals surface area contributed by atoms with Crippen LogP contribution < -0.4 is 0 Å². The Morgan fingerprint density at radius 3 is 1.74 bits per heavy atom. The maximum Gasteiger partial charge on any atom is 0.364 e. The van der Waals surface area contributed by atoms with E-state index >= 15 is 0 Å². The maximum atomic E-state index is 12.7. The first-order chi connectivity index (χ1) is 22.2. The van der Waals surface area contributed by atoms with E-state index < -0.39 is 18.7 Å². The van der Waals surface area contributed by atoms with Gasteiger partial charge in [0.25, 0.3) is 0 Å². The highest BCUT2D eigenvalue weighted by molar-refractivity contribution is 5.72. The number of hydrogen-bond donors (Lipinski definition) is 0. The second-order valence-corrected chi connectivity index (χ2v) is 13.4. The van der Waals surface area contributed by atoms with Gasteiger partial charge in [0.1, 0.15) is 32.4 Å². The first-order valence-electron chi connectivity index (χ1n) is 17.2. The average molecular weight is 673 g/mol. The SMILES string of the molecule is CCCCCCC(C/C=C\CCCCCCCC(=O)OCOC(=O)C[N+](C)(C)CCOC(C)=O)OC(=O)C[N+](C)(C)CCOC(C)=O. The summed E-state index contributed by atoms with van der Waals surface area (Å²) in [6, 6.07) is 0. The van der Waals surface area contributed by atoms with Crippen molar-refractivity contribution in [1.29, 1.82) is 0 Å². The van der Waals surface area contributed by atoms with E-state index in [4.69, 9.17) is 23.7 Å². The van der Waals surface area contributed by atoms with Gasteiger partial charge < -0.3 is 32.7 Å². The number of likely N-dealkylation sites (N-methyl/N-ethyl adjacent to an activating group) is 2. The van der Waals surface area contributed by atoms with Crippen LogP contribution in [-0.2, 0) is 47.7 Å². The molecule has 0 bridgehead atoms. The van der Waals surface area contributed by atoms with Crippen LogP contribution in [0.1, 0.15) is 104 Å². The monoisotopic (exact) mass is 672 g/mol. The molecule has 0 aliphatic carbocycles. The number of quaternary nitrogens is 2. The number of esters is 5. The van der Waals surface area contributed by atoms with Crippen molar-refractivity contribution in [3.8, 4) is 0 Å². The van der Waals surface area contributed by atoms with E-state index in [1.165, 1.54) is 20.3 Å². The smallest absolute Gasteiger partial charge is 0.364 e. The van der Waals surface area contributed by atoms with Gasteiger partial charge in [0.15, 0.2) is 13.1 Å². The van der Waals surface area contributed by atoms with Gasteiger partial charge in [-0.25, -0.2) is 9.59 Å². The Balaban J connectivity index is 4.19. The van der Waals surface area contributed by atoms with E-state index in [9.17, 15) is 24.0 Å². The largest absolute Gasteiger partial charge is 0.460 e. The van der Waals surface area contributed by atoms with Crippen molar-refractivity contribution in [2.45, 2.75) is 110 Å². The highest BCUT2D eigenvalue weighted by atomic mass is 16.7. The Hall–Kier alpha value is -2.99. The van der Waals surface area contributed by atoms with Crippen molar-refractivity contribution < 1.29 is 56.6 Å². The molecule has 272 valence electrons. The lowest BCUT2D eigenvalue weighted by Gasteiger charge is -2.29. The minimum Gasteiger partial charge on any atom is -0.460 e. The Labute approximate surface area is 283 Å². The van der Waals surface area contributed by atoms with Crippen molar-refractivity contribution in [3.63, 3.8) is 0 Å². The summed E-state index contributed by atoms with van der Waals surface area (Å²) in [5.74, 6) is -1.80. The summed E-state index contributed by atoms with van der Waals surface area (Å²) in [6.45, 7) is 6.26. The minimum atomic E-state index is -0.490. The molecular weight excluding hydrogens is 608 g/mol.